The highest BCUT2D eigenvalue weighted by Crippen LogP contribution is 2.32. The molecule has 3 aromatic rings. The van der Waals surface area contributed by atoms with Crippen LogP contribution in [0.2, 0.25) is 5.02 Å². The van der Waals surface area contributed by atoms with Crippen LogP contribution >= 0.6 is 11.6 Å². The average Bonchev–Trinajstić information content (AvgIpc) is 2.95. The van der Waals surface area contributed by atoms with Gasteiger partial charge in [0.25, 0.3) is 15.9 Å². The highest BCUT2D eigenvalue weighted by Gasteiger charge is 2.35. The number of carbonyl (C=O) groups is 1. The number of nitrogens with zero attached hydrogens (tertiary/aromatic N) is 2. The monoisotopic (exact) mass is 635 g/mol. The van der Waals surface area contributed by atoms with E-state index >= 15 is 0 Å². The van der Waals surface area contributed by atoms with Crippen molar-refractivity contribution in [1.29, 1.82) is 0 Å². The number of nitrogens with one attached hydrogen (secondary N) is 1. The van der Waals surface area contributed by atoms with Crippen LogP contribution < -0.4 is 9.46 Å². The third-order valence-electron chi connectivity index (χ3n) is 7.21. The van der Waals surface area contributed by atoms with Gasteiger partial charge in [-0.2, -0.15) is 4.31 Å². The molecule has 0 bridgehead atoms. The number of fused-ring (bicyclic) bond motifs is 1. The van der Waals surface area contributed by atoms with E-state index in [0.29, 0.717) is 5.02 Å². The summed E-state index contributed by atoms with van der Waals surface area (Å²) in [4.78, 5) is 15.3. The van der Waals surface area contributed by atoms with Crippen LogP contribution in [0.15, 0.2) is 76.5 Å². The molecule has 0 spiro atoms. The summed E-state index contributed by atoms with van der Waals surface area (Å²) in [5.74, 6) is -0.609. The molecule has 1 aliphatic rings. The maximum atomic E-state index is 13.7. The molecule has 0 aromatic heterocycles. The van der Waals surface area contributed by atoms with E-state index in [0.717, 1.165) is 5.56 Å². The molecule has 1 amide bonds. The minimum atomic E-state index is -3.99. The molecule has 0 aliphatic carbocycles. The van der Waals surface area contributed by atoms with Gasteiger partial charge in [0, 0.05) is 30.2 Å². The van der Waals surface area contributed by atoms with Crippen molar-refractivity contribution in [3.63, 3.8) is 0 Å². The Balaban J connectivity index is 1.68. The Morgan fingerprint density at radius 3 is 2.29 bits per heavy atom. The van der Waals surface area contributed by atoms with Crippen molar-refractivity contribution < 1.29 is 31.5 Å². The van der Waals surface area contributed by atoms with Gasteiger partial charge in [-0.25, -0.2) is 16.8 Å². The number of hydrogen-bond acceptors (Lipinski definition) is 7. The summed E-state index contributed by atoms with van der Waals surface area (Å²) in [7, 11) is -6.35. The fraction of sp³-hybridized carbons (Fsp3) is 0.345. The Bertz CT molecular complexity index is 1650. The van der Waals surface area contributed by atoms with E-state index in [1.807, 2.05) is 13.8 Å². The van der Waals surface area contributed by atoms with Gasteiger partial charge in [0.2, 0.25) is 10.0 Å². The second-order valence-corrected chi connectivity index (χ2v) is 14.7. The van der Waals surface area contributed by atoms with Gasteiger partial charge in [-0.05, 0) is 68.4 Å². The number of likely N-dealkylation sites (N-methyl/N-ethyl adjacent to an activating group) is 1. The largest absolute Gasteiger partial charge is 0.488 e. The molecule has 3 aromatic carbocycles. The zero-order valence-electron chi connectivity index (χ0n) is 23.7. The van der Waals surface area contributed by atoms with E-state index in [1.54, 1.807) is 31.2 Å². The zero-order chi connectivity index (χ0) is 30.8. The summed E-state index contributed by atoms with van der Waals surface area (Å²) < 4.78 is 62.5. The second kappa shape index (κ2) is 12.6. The molecule has 0 fully saturated rings. The molecular weight excluding hydrogens is 602 g/mol. The first-order valence-corrected chi connectivity index (χ1v) is 16.6. The number of aliphatic hydroxyl groups is 1. The number of sulfonamides is 2. The van der Waals surface area contributed by atoms with Crippen molar-refractivity contribution in [1.82, 2.24) is 9.21 Å². The molecule has 226 valence electrons. The molecule has 0 saturated carbocycles. The van der Waals surface area contributed by atoms with E-state index < -0.39 is 38.1 Å². The molecule has 42 heavy (non-hydrogen) atoms. The van der Waals surface area contributed by atoms with Gasteiger partial charge in [-0.15, -0.1) is 0 Å². The normalized spacial score (nSPS) is 18.5. The van der Waals surface area contributed by atoms with E-state index in [-0.39, 0.29) is 52.4 Å². The van der Waals surface area contributed by atoms with Gasteiger partial charge in [0.05, 0.1) is 34.5 Å². The maximum absolute atomic E-state index is 13.7. The summed E-state index contributed by atoms with van der Waals surface area (Å²) in [5, 5.41) is 10.3. The number of anilines is 1. The highest BCUT2D eigenvalue weighted by molar-refractivity contribution is 7.92. The van der Waals surface area contributed by atoms with Crippen LogP contribution in [0.3, 0.4) is 0 Å². The lowest BCUT2D eigenvalue weighted by Gasteiger charge is -2.38. The lowest BCUT2D eigenvalue weighted by Crippen LogP contribution is -2.50. The number of rotatable bonds is 9. The third-order valence-corrected chi connectivity index (χ3v) is 10.7. The Labute approximate surface area is 252 Å². The van der Waals surface area contributed by atoms with Crippen LogP contribution in [-0.4, -0.2) is 75.9 Å². The van der Waals surface area contributed by atoms with Gasteiger partial charge >= 0.3 is 0 Å². The van der Waals surface area contributed by atoms with Crippen molar-refractivity contribution >= 4 is 43.2 Å². The number of carbonyl (C=O) groups excluding carboxylic acids is 1. The minimum Gasteiger partial charge on any atom is -0.488 e. The van der Waals surface area contributed by atoms with Crippen molar-refractivity contribution in [3.05, 3.63) is 82.9 Å². The van der Waals surface area contributed by atoms with Crippen LogP contribution in [0.1, 0.15) is 29.8 Å². The van der Waals surface area contributed by atoms with Crippen LogP contribution in [0.25, 0.3) is 0 Å². The molecule has 0 saturated heterocycles. The summed E-state index contributed by atoms with van der Waals surface area (Å²) in [6, 6.07) is 16.0. The maximum Gasteiger partial charge on any atom is 0.261 e. The van der Waals surface area contributed by atoms with Crippen LogP contribution in [0, 0.1) is 12.8 Å². The van der Waals surface area contributed by atoms with Crippen molar-refractivity contribution in [2.24, 2.45) is 5.92 Å². The van der Waals surface area contributed by atoms with Gasteiger partial charge in [0.1, 0.15) is 11.9 Å². The topological polar surface area (TPSA) is 133 Å². The number of benzene rings is 3. The van der Waals surface area contributed by atoms with E-state index in [1.165, 1.54) is 58.7 Å². The molecule has 2 N–H and O–H groups in total. The number of hydrogen-bond donors (Lipinski definition) is 2. The smallest absolute Gasteiger partial charge is 0.261 e. The predicted molar refractivity (Wildman–Crippen MR) is 161 cm³/mol. The molecule has 3 atom stereocenters. The van der Waals surface area contributed by atoms with Gasteiger partial charge in [-0.3, -0.25) is 9.52 Å². The Kier molecular flexibility index (Phi) is 9.53. The lowest BCUT2D eigenvalue weighted by atomic mass is 9.99. The molecule has 0 radical (unpaired) electrons. The minimum absolute atomic E-state index is 0.0107. The highest BCUT2D eigenvalue weighted by atomic mass is 35.5. The fourth-order valence-electron chi connectivity index (χ4n) is 4.57. The molecular formula is C29H34ClN3O7S2. The van der Waals surface area contributed by atoms with E-state index in [9.17, 15) is 26.7 Å². The molecule has 1 aliphatic heterocycles. The third kappa shape index (κ3) is 6.90. The fourth-order valence-corrected chi connectivity index (χ4v) is 6.93. The molecule has 4 rings (SSSR count). The first kappa shape index (κ1) is 31.8. The zero-order valence-corrected chi connectivity index (χ0v) is 26.1. The van der Waals surface area contributed by atoms with Crippen molar-refractivity contribution in [3.8, 4) is 5.75 Å². The quantitative estimate of drug-likeness (QED) is 0.363. The Hall–Kier alpha value is -3.16. The summed E-state index contributed by atoms with van der Waals surface area (Å²) in [6.07, 6.45) is -0.674. The number of aliphatic hydroxyl groups excluding tert-OH is 1. The summed E-state index contributed by atoms with van der Waals surface area (Å²) in [5.41, 5.74) is 1.14. The summed E-state index contributed by atoms with van der Waals surface area (Å²) >= 11 is 5.89. The number of halogens is 1. The van der Waals surface area contributed by atoms with E-state index in [2.05, 4.69) is 4.72 Å². The van der Waals surface area contributed by atoms with Crippen LogP contribution in [0.5, 0.6) is 5.75 Å². The average molecular weight is 636 g/mol. The molecule has 0 unspecified atom stereocenters. The predicted octanol–water partition coefficient (Wildman–Crippen LogP) is 3.99. The van der Waals surface area contributed by atoms with Gasteiger partial charge < -0.3 is 14.7 Å². The van der Waals surface area contributed by atoms with Crippen molar-refractivity contribution in [2.75, 3.05) is 31.5 Å². The molecule has 13 heteroatoms. The molecule has 10 nitrogen and oxygen atoms in total. The van der Waals surface area contributed by atoms with Crippen LogP contribution in [0.4, 0.5) is 5.69 Å². The summed E-state index contributed by atoms with van der Waals surface area (Å²) in [6.45, 7) is 5.27. The SMILES string of the molecule is Cc1ccc(S(=O)(=O)N(C)C[C@H]2Oc3ccc(NS(=O)(=O)c4ccc(Cl)cc4)cc3C(=O)N([C@@H](C)CO)C[C@H]2C)cc1. The standard InChI is InChI=1S/C29H34ClN3O7S2/c1-19-5-10-25(11-6-19)42(38,39)32(4)17-28-20(2)16-33(21(3)18-34)29(35)26-15-23(9-14-27(26)40-28)31-41(36,37)24-12-7-22(30)8-13-24/h5-15,20-21,28,31,34H,16-18H2,1-4H3/t20-,21+,28-/m1/s1. The van der Waals surface area contributed by atoms with Crippen molar-refractivity contribution in [2.45, 2.75) is 42.7 Å². The Morgan fingerprint density at radius 1 is 1.05 bits per heavy atom. The Morgan fingerprint density at radius 2 is 1.67 bits per heavy atom. The first-order valence-electron chi connectivity index (χ1n) is 13.3. The van der Waals surface area contributed by atoms with Gasteiger partial charge in [0.15, 0.2) is 0 Å². The molecule has 1 heterocycles. The second-order valence-electron chi connectivity index (χ2n) is 10.5. The lowest BCUT2D eigenvalue weighted by molar-refractivity contribution is 0.0387. The van der Waals surface area contributed by atoms with E-state index in [4.69, 9.17) is 16.3 Å². The first-order chi connectivity index (χ1) is 19.7. The number of amides is 1. The van der Waals surface area contributed by atoms with Gasteiger partial charge in [-0.1, -0.05) is 36.2 Å². The number of aryl methyl sites for hydroxylation is 1. The van der Waals surface area contributed by atoms with Crippen LogP contribution in [-0.2, 0) is 20.0 Å². The number of ether oxygens (including phenoxy) is 1.